The molecule has 0 bridgehead atoms. The average molecular weight is 295 g/mol. The number of nitrogens with one attached hydrogen (secondary N) is 1. The molecule has 0 saturated heterocycles. The highest BCUT2D eigenvalue weighted by atomic mass is 19.1. The summed E-state index contributed by atoms with van der Waals surface area (Å²) in [7, 11) is 0. The molecule has 1 saturated carbocycles. The maximum absolute atomic E-state index is 13.7. The van der Waals surface area contributed by atoms with E-state index in [0.717, 1.165) is 25.7 Å². The Morgan fingerprint density at radius 1 is 1.29 bits per heavy atom. The van der Waals surface area contributed by atoms with E-state index in [4.69, 9.17) is 5.11 Å². The van der Waals surface area contributed by atoms with Crippen molar-refractivity contribution in [3.63, 3.8) is 0 Å². The summed E-state index contributed by atoms with van der Waals surface area (Å²) < 4.78 is 13.7. The normalized spacial score (nSPS) is 17.6. The molecule has 0 spiro atoms. The van der Waals surface area contributed by atoms with Gasteiger partial charge >= 0.3 is 5.97 Å². The van der Waals surface area contributed by atoms with Crippen LogP contribution in [0.5, 0.6) is 0 Å². The lowest BCUT2D eigenvalue weighted by atomic mass is 9.74. The van der Waals surface area contributed by atoms with Crippen molar-refractivity contribution < 1.29 is 19.4 Å². The van der Waals surface area contributed by atoms with E-state index in [1.807, 2.05) is 0 Å². The van der Waals surface area contributed by atoms with Crippen LogP contribution in [0.3, 0.4) is 0 Å². The molecule has 0 aromatic heterocycles. The van der Waals surface area contributed by atoms with Crippen molar-refractivity contribution in [2.24, 2.45) is 5.41 Å². The number of carboxylic acids is 1. The number of carbonyl (C=O) groups is 1. The highest BCUT2D eigenvalue weighted by Crippen LogP contribution is 2.35. The molecule has 0 amide bonds. The van der Waals surface area contributed by atoms with E-state index in [1.54, 1.807) is 0 Å². The van der Waals surface area contributed by atoms with Gasteiger partial charge in [-0.1, -0.05) is 19.3 Å². The van der Waals surface area contributed by atoms with Crippen LogP contribution in [0.25, 0.3) is 0 Å². The van der Waals surface area contributed by atoms with Gasteiger partial charge in [0.05, 0.1) is 5.56 Å². The first-order chi connectivity index (χ1) is 10.1. The molecule has 1 aliphatic carbocycles. The molecule has 0 unspecified atom stereocenters. The minimum absolute atomic E-state index is 0.0859. The minimum Gasteiger partial charge on any atom is -0.478 e. The monoisotopic (exact) mass is 295 g/mol. The molecule has 4 nitrogen and oxygen atoms in total. The van der Waals surface area contributed by atoms with Crippen molar-refractivity contribution in [3.05, 3.63) is 35.1 Å². The predicted molar refractivity (Wildman–Crippen MR) is 77.7 cm³/mol. The van der Waals surface area contributed by atoms with Crippen molar-refractivity contribution in [1.82, 2.24) is 5.32 Å². The zero-order chi connectivity index (χ0) is 15.3. The van der Waals surface area contributed by atoms with Crippen LogP contribution < -0.4 is 5.32 Å². The summed E-state index contributed by atoms with van der Waals surface area (Å²) in [5.41, 5.74) is 0.320. The molecular weight excluding hydrogens is 273 g/mol. The molecule has 5 heteroatoms. The Bertz CT molecular complexity index is 498. The third-order valence-electron chi connectivity index (χ3n) is 4.36. The molecular formula is C16H22FNO3. The maximum Gasteiger partial charge on any atom is 0.335 e. The highest BCUT2D eigenvalue weighted by molar-refractivity contribution is 5.87. The van der Waals surface area contributed by atoms with Gasteiger partial charge in [0.2, 0.25) is 0 Å². The molecule has 1 aromatic carbocycles. The fourth-order valence-corrected chi connectivity index (χ4v) is 3.00. The first-order valence-corrected chi connectivity index (χ1v) is 7.40. The Kier molecular flexibility index (Phi) is 5.31. The lowest BCUT2D eigenvalue weighted by molar-refractivity contribution is 0.0696. The van der Waals surface area contributed by atoms with E-state index < -0.39 is 11.8 Å². The lowest BCUT2D eigenvalue weighted by Gasteiger charge is -2.35. The Hall–Kier alpha value is -1.46. The Labute approximate surface area is 124 Å². The first kappa shape index (κ1) is 15.9. The van der Waals surface area contributed by atoms with Gasteiger partial charge in [-0.2, -0.15) is 0 Å². The van der Waals surface area contributed by atoms with Crippen LogP contribution in [0.2, 0.25) is 0 Å². The van der Waals surface area contributed by atoms with Crippen LogP contribution in [0.4, 0.5) is 4.39 Å². The highest BCUT2D eigenvalue weighted by Gasteiger charge is 2.30. The van der Waals surface area contributed by atoms with Crippen LogP contribution in [0.1, 0.15) is 48.0 Å². The molecule has 0 radical (unpaired) electrons. The second-order valence-electron chi connectivity index (χ2n) is 5.93. The van der Waals surface area contributed by atoms with Gasteiger partial charge in [0, 0.05) is 30.7 Å². The van der Waals surface area contributed by atoms with Gasteiger partial charge in [-0.3, -0.25) is 0 Å². The van der Waals surface area contributed by atoms with E-state index in [9.17, 15) is 14.3 Å². The third-order valence-corrected chi connectivity index (χ3v) is 4.36. The first-order valence-electron chi connectivity index (χ1n) is 7.40. The topological polar surface area (TPSA) is 69.6 Å². The molecule has 116 valence electrons. The molecule has 0 aliphatic heterocycles. The third kappa shape index (κ3) is 4.02. The summed E-state index contributed by atoms with van der Waals surface area (Å²) in [6, 6.07) is 3.80. The number of rotatable bonds is 6. The second kappa shape index (κ2) is 7.00. The van der Waals surface area contributed by atoms with Gasteiger partial charge < -0.3 is 15.5 Å². The summed E-state index contributed by atoms with van der Waals surface area (Å²) in [5, 5.41) is 21.7. The fraction of sp³-hybridized carbons (Fsp3) is 0.562. The van der Waals surface area contributed by atoms with E-state index >= 15 is 0 Å². The summed E-state index contributed by atoms with van der Waals surface area (Å²) in [6.45, 7) is 1.03. The van der Waals surface area contributed by atoms with Crippen LogP contribution >= 0.6 is 0 Å². The summed E-state index contributed by atoms with van der Waals surface area (Å²) in [4.78, 5) is 10.9. The van der Waals surface area contributed by atoms with Gasteiger partial charge in [0.1, 0.15) is 5.82 Å². The predicted octanol–water partition coefficient (Wildman–Crippen LogP) is 2.56. The number of carboxylic acid groups (broad SMARTS) is 1. The van der Waals surface area contributed by atoms with Gasteiger partial charge in [-0.15, -0.1) is 0 Å². The van der Waals surface area contributed by atoms with Gasteiger partial charge in [-0.25, -0.2) is 9.18 Å². The Morgan fingerprint density at radius 3 is 2.62 bits per heavy atom. The average Bonchev–Trinajstić information content (AvgIpc) is 2.50. The van der Waals surface area contributed by atoms with Crippen LogP contribution in [0, 0.1) is 11.2 Å². The summed E-state index contributed by atoms with van der Waals surface area (Å²) >= 11 is 0. The van der Waals surface area contributed by atoms with Crippen molar-refractivity contribution in [2.75, 3.05) is 13.2 Å². The number of benzene rings is 1. The molecule has 1 aliphatic rings. The number of hydrogen-bond acceptors (Lipinski definition) is 3. The van der Waals surface area contributed by atoms with Gasteiger partial charge in [-0.05, 0) is 31.0 Å². The van der Waals surface area contributed by atoms with Crippen LogP contribution in [-0.4, -0.2) is 29.3 Å². The van der Waals surface area contributed by atoms with Crippen LogP contribution in [-0.2, 0) is 6.54 Å². The lowest BCUT2D eigenvalue weighted by Crippen LogP contribution is -2.39. The van der Waals surface area contributed by atoms with E-state index in [-0.39, 0.29) is 24.1 Å². The Balaban J connectivity index is 1.96. The minimum atomic E-state index is -1.06. The molecule has 0 atom stereocenters. The standard InChI is InChI=1S/C16H22FNO3/c17-14-5-4-12(15(20)21)8-13(14)9-18-10-16(11-19)6-2-1-3-7-16/h4-5,8,18-19H,1-3,6-7,9-11H2,(H,20,21). The molecule has 0 heterocycles. The van der Waals surface area contributed by atoms with Gasteiger partial charge in [0.15, 0.2) is 0 Å². The van der Waals surface area contributed by atoms with Crippen LogP contribution in [0.15, 0.2) is 18.2 Å². The van der Waals surface area contributed by atoms with E-state index in [0.29, 0.717) is 12.1 Å². The SMILES string of the molecule is O=C(O)c1ccc(F)c(CNCC2(CO)CCCCC2)c1. The molecule has 3 N–H and O–H groups in total. The van der Waals surface area contributed by atoms with Crippen molar-refractivity contribution in [2.45, 2.75) is 38.6 Å². The molecule has 21 heavy (non-hydrogen) atoms. The number of aliphatic hydroxyl groups is 1. The largest absolute Gasteiger partial charge is 0.478 e. The fourth-order valence-electron chi connectivity index (χ4n) is 3.00. The molecule has 2 rings (SSSR count). The molecule has 1 aromatic rings. The number of aromatic carboxylic acids is 1. The smallest absolute Gasteiger partial charge is 0.335 e. The summed E-state index contributed by atoms with van der Waals surface area (Å²) in [6.07, 6.45) is 5.40. The zero-order valence-corrected chi connectivity index (χ0v) is 12.1. The molecule has 1 fully saturated rings. The Morgan fingerprint density at radius 2 is 2.00 bits per heavy atom. The summed E-state index contributed by atoms with van der Waals surface area (Å²) in [5.74, 6) is -1.47. The van der Waals surface area contributed by atoms with Crippen molar-refractivity contribution >= 4 is 5.97 Å². The number of hydrogen-bond donors (Lipinski definition) is 3. The van der Waals surface area contributed by atoms with Crippen molar-refractivity contribution in [3.8, 4) is 0 Å². The maximum atomic E-state index is 13.7. The second-order valence-corrected chi connectivity index (χ2v) is 5.93. The number of halogens is 1. The van der Waals surface area contributed by atoms with Gasteiger partial charge in [0.25, 0.3) is 0 Å². The van der Waals surface area contributed by atoms with E-state index in [2.05, 4.69) is 5.32 Å². The van der Waals surface area contributed by atoms with E-state index in [1.165, 1.54) is 24.6 Å². The van der Waals surface area contributed by atoms with Crippen molar-refractivity contribution in [1.29, 1.82) is 0 Å². The zero-order valence-electron chi connectivity index (χ0n) is 12.1. The number of aliphatic hydroxyl groups excluding tert-OH is 1. The quantitative estimate of drug-likeness (QED) is 0.754.